The SMILES string of the molecule is CN(C)C(c1ccc(C#N)cc1)C1CCCCC1=O. The molecule has 3 heteroatoms. The first-order chi connectivity index (χ1) is 9.13. The molecule has 2 unspecified atom stereocenters. The van der Waals surface area contributed by atoms with Gasteiger partial charge in [-0.25, -0.2) is 0 Å². The Balaban J connectivity index is 2.28. The number of Topliss-reactive ketones (excluding diaryl/α,β-unsaturated/α-hetero) is 1. The molecule has 0 heterocycles. The fourth-order valence-electron chi connectivity index (χ4n) is 2.99. The number of nitriles is 1. The van der Waals surface area contributed by atoms with Gasteiger partial charge >= 0.3 is 0 Å². The maximum absolute atomic E-state index is 12.2. The lowest BCUT2D eigenvalue weighted by Gasteiger charge is -2.34. The van der Waals surface area contributed by atoms with Gasteiger partial charge in [-0.2, -0.15) is 5.26 Å². The van der Waals surface area contributed by atoms with Crippen LogP contribution in [0.5, 0.6) is 0 Å². The zero-order valence-electron chi connectivity index (χ0n) is 11.6. The molecule has 3 nitrogen and oxygen atoms in total. The maximum Gasteiger partial charge on any atom is 0.137 e. The van der Waals surface area contributed by atoms with Crippen LogP contribution in [0.4, 0.5) is 0 Å². The molecule has 1 aliphatic carbocycles. The molecule has 0 aliphatic heterocycles. The van der Waals surface area contributed by atoms with Crippen molar-refractivity contribution in [3.8, 4) is 6.07 Å². The number of rotatable bonds is 3. The summed E-state index contributed by atoms with van der Waals surface area (Å²) in [6.07, 6.45) is 3.85. The summed E-state index contributed by atoms with van der Waals surface area (Å²) in [5, 5.41) is 8.85. The van der Waals surface area contributed by atoms with Crippen molar-refractivity contribution in [1.29, 1.82) is 5.26 Å². The third-order valence-corrected chi connectivity index (χ3v) is 3.92. The topological polar surface area (TPSA) is 44.1 Å². The minimum Gasteiger partial charge on any atom is -0.302 e. The van der Waals surface area contributed by atoms with E-state index in [-0.39, 0.29) is 12.0 Å². The molecule has 0 aromatic heterocycles. The Morgan fingerprint density at radius 3 is 2.47 bits per heavy atom. The minimum absolute atomic E-state index is 0.0942. The fraction of sp³-hybridized carbons (Fsp3) is 0.500. The third kappa shape index (κ3) is 3.02. The van der Waals surface area contributed by atoms with Gasteiger partial charge in [0, 0.05) is 18.4 Å². The van der Waals surface area contributed by atoms with E-state index in [1.165, 1.54) is 0 Å². The molecule has 0 N–H and O–H groups in total. The number of carbonyl (C=O) groups is 1. The lowest BCUT2D eigenvalue weighted by molar-refractivity contribution is -0.126. The molecule has 0 spiro atoms. The number of hydrogen-bond donors (Lipinski definition) is 0. The average Bonchev–Trinajstić information content (AvgIpc) is 2.42. The van der Waals surface area contributed by atoms with Crippen molar-refractivity contribution in [2.75, 3.05) is 14.1 Å². The standard InChI is InChI=1S/C16H20N2O/c1-18(2)16(14-5-3-4-6-15(14)19)13-9-7-12(11-17)8-10-13/h7-10,14,16H,3-6H2,1-2H3. The van der Waals surface area contributed by atoms with E-state index in [1.54, 1.807) is 0 Å². The van der Waals surface area contributed by atoms with E-state index in [9.17, 15) is 4.79 Å². The summed E-state index contributed by atoms with van der Waals surface area (Å²) in [4.78, 5) is 14.3. The van der Waals surface area contributed by atoms with Crippen LogP contribution in [0.1, 0.15) is 42.9 Å². The molecule has 100 valence electrons. The first kappa shape index (κ1) is 13.8. The smallest absolute Gasteiger partial charge is 0.137 e. The van der Waals surface area contributed by atoms with Gasteiger partial charge in [-0.05, 0) is 44.6 Å². The summed E-state index contributed by atoms with van der Waals surface area (Å²) >= 11 is 0. The van der Waals surface area contributed by atoms with Crippen LogP contribution in [0.15, 0.2) is 24.3 Å². The monoisotopic (exact) mass is 256 g/mol. The van der Waals surface area contributed by atoms with Crippen molar-refractivity contribution in [2.24, 2.45) is 5.92 Å². The highest BCUT2D eigenvalue weighted by atomic mass is 16.1. The van der Waals surface area contributed by atoms with Crippen molar-refractivity contribution < 1.29 is 4.79 Å². The van der Waals surface area contributed by atoms with E-state index in [1.807, 2.05) is 38.4 Å². The van der Waals surface area contributed by atoms with Gasteiger partial charge in [0.05, 0.1) is 11.6 Å². The van der Waals surface area contributed by atoms with Crippen LogP contribution < -0.4 is 0 Å². The molecule has 0 bridgehead atoms. The van der Waals surface area contributed by atoms with Crippen LogP contribution in [0, 0.1) is 17.2 Å². The van der Waals surface area contributed by atoms with Gasteiger partial charge < -0.3 is 4.90 Å². The minimum atomic E-state index is 0.0942. The second-order valence-electron chi connectivity index (χ2n) is 5.46. The Hall–Kier alpha value is -1.66. The van der Waals surface area contributed by atoms with Gasteiger partial charge in [0.2, 0.25) is 0 Å². The van der Waals surface area contributed by atoms with Crippen molar-refractivity contribution in [3.63, 3.8) is 0 Å². The highest BCUT2D eigenvalue weighted by molar-refractivity contribution is 5.82. The van der Waals surface area contributed by atoms with Gasteiger partial charge in [-0.3, -0.25) is 4.79 Å². The summed E-state index contributed by atoms with van der Waals surface area (Å²) in [6.45, 7) is 0. The van der Waals surface area contributed by atoms with E-state index in [2.05, 4.69) is 11.0 Å². The molecule has 1 aromatic carbocycles. The molecular weight excluding hydrogens is 236 g/mol. The molecular formula is C16H20N2O. The van der Waals surface area contributed by atoms with Crippen LogP contribution in [0.25, 0.3) is 0 Å². The van der Waals surface area contributed by atoms with Crippen LogP contribution in [0.3, 0.4) is 0 Å². The molecule has 2 rings (SSSR count). The number of carbonyl (C=O) groups excluding carboxylic acids is 1. The van der Waals surface area contributed by atoms with E-state index in [0.717, 1.165) is 24.8 Å². The summed E-state index contributed by atoms with van der Waals surface area (Å²) in [5.74, 6) is 0.478. The summed E-state index contributed by atoms with van der Waals surface area (Å²) in [7, 11) is 4.04. The predicted octanol–water partition coefficient (Wildman–Crippen LogP) is 2.92. The Labute approximate surface area is 114 Å². The fourth-order valence-corrected chi connectivity index (χ4v) is 2.99. The van der Waals surface area contributed by atoms with E-state index >= 15 is 0 Å². The van der Waals surface area contributed by atoms with Crippen LogP contribution in [-0.4, -0.2) is 24.8 Å². The van der Waals surface area contributed by atoms with Crippen molar-refractivity contribution >= 4 is 5.78 Å². The second kappa shape index (κ2) is 5.99. The van der Waals surface area contributed by atoms with Crippen molar-refractivity contribution in [3.05, 3.63) is 35.4 Å². The molecule has 19 heavy (non-hydrogen) atoms. The zero-order valence-corrected chi connectivity index (χ0v) is 11.6. The number of benzene rings is 1. The normalized spacial score (nSPS) is 21.2. The maximum atomic E-state index is 12.2. The van der Waals surface area contributed by atoms with Gasteiger partial charge in [0.25, 0.3) is 0 Å². The van der Waals surface area contributed by atoms with E-state index in [4.69, 9.17) is 5.26 Å². The highest BCUT2D eigenvalue weighted by Gasteiger charge is 2.32. The van der Waals surface area contributed by atoms with Gasteiger partial charge in [-0.1, -0.05) is 18.6 Å². The Morgan fingerprint density at radius 2 is 1.95 bits per heavy atom. The molecule has 0 amide bonds. The molecule has 1 saturated carbocycles. The van der Waals surface area contributed by atoms with Crippen molar-refractivity contribution in [2.45, 2.75) is 31.7 Å². The molecule has 2 atom stereocenters. The van der Waals surface area contributed by atoms with Crippen LogP contribution >= 0.6 is 0 Å². The van der Waals surface area contributed by atoms with Gasteiger partial charge in [0.1, 0.15) is 5.78 Å². The predicted molar refractivity (Wildman–Crippen MR) is 74.6 cm³/mol. The highest BCUT2D eigenvalue weighted by Crippen LogP contribution is 2.35. The lowest BCUT2D eigenvalue weighted by Crippen LogP contribution is -2.34. The summed E-state index contributed by atoms with van der Waals surface area (Å²) < 4.78 is 0. The number of ketones is 1. The third-order valence-electron chi connectivity index (χ3n) is 3.92. The first-order valence-corrected chi connectivity index (χ1v) is 6.82. The number of nitrogens with zero attached hydrogens (tertiary/aromatic N) is 2. The van der Waals surface area contributed by atoms with Gasteiger partial charge in [-0.15, -0.1) is 0 Å². The number of hydrogen-bond acceptors (Lipinski definition) is 3. The first-order valence-electron chi connectivity index (χ1n) is 6.82. The molecule has 1 aromatic rings. The van der Waals surface area contributed by atoms with Crippen molar-refractivity contribution in [1.82, 2.24) is 4.90 Å². The van der Waals surface area contributed by atoms with Crippen LogP contribution in [0.2, 0.25) is 0 Å². The quantitative estimate of drug-likeness (QED) is 0.835. The van der Waals surface area contributed by atoms with Crippen LogP contribution in [-0.2, 0) is 4.79 Å². The molecule has 0 saturated heterocycles. The Bertz CT molecular complexity index is 484. The average molecular weight is 256 g/mol. The molecule has 0 radical (unpaired) electrons. The summed E-state index contributed by atoms with van der Waals surface area (Å²) in [6, 6.07) is 9.88. The second-order valence-corrected chi connectivity index (χ2v) is 5.46. The van der Waals surface area contributed by atoms with E-state index in [0.29, 0.717) is 17.8 Å². The Morgan fingerprint density at radius 1 is 1.26 bits per heavy atom. The molecule has 1 fully saturated rings. The zero-order chi connectivity index (χ0) is 13.8. The molecule has 1 aliphatic rings. The Kier molecular flexibility index (Phi) is 4.34. The summed E-state index contributed by atoms with van der Waals surface area (Å²) in [5.41, 5.74) is 1.79. The van der Waals surface area contributed by atoms with E-state index < -0.39 is 0 Å². The largest absolute Gasteiger partial charge is 0.302 e. The lowest BCUT2D eigenvalue weighted by atomic mass is 9.79. The van der Waals surface area contributed by atoms with Gasteiger partial charge in [0.15, 0.2) is 0 Å².